The summed E-state index contributed by atoms with van der Waals surface area (Å²) in [5, 5.41) is 8.47. The second kappa shape index (κ2) is 10.1. The van der Waals surface area contributed by atoms with E-state index >= 15 is 0 Å². The molecule has 0 atom stereocenters. The monoisotopic (exact) mass is 600 g/mol. The molecule has 0 N–H and O–H groups in total. The normalized spacial score (nSPS) is 11.0. The number of halogens is 5. The van der Waals surface area contributed by atoms with Crippen LogP contribution in [-0.2, 0) is 0 Å². The molecular formula is C16H17Br3ClFN6O. The second-order valence-electron chi connectivity index (χ2n) is 6.10. The van der Waals surface area contributed by atoms with Crippen LogP contribution in [0.2, 0.25) is 5.02 Å². The maximum atomic E-state index is 13.2. The number of rotatable bonds is 4. The standard InChI is InChI=1S/C11H10BrClFN3O.C5H7Br2N3/c1-6(2)17-11(15-10(12)16-17)18-9-4-7(13)3-8(14)5-9;1-3(2)10-5(7)8-4(6)9-10/h3-6H,1-2H3;3H,1-2H3. The number of ether oxygens (including phenoxy) is 1. The molecule has 0 saturated carbocycles. The fraction of sp³-hybridized carbons (Fsp3) is 0.375. The average Bonchev–Trinajstić information content (AvgIpc) is 3.08. The molecular weight excluding hydrogens is 586 g/mol. The minimum Gasteiger partial charge on any atom is -0.424 e. The Morgan fingerprint density at radius 1 is 0.929 bits per heavy atom. The highest BCUT2D eigenvalue weighted by Gasteiger charge is 2.14. The fourth-order valence-corrected chi connectivity index (χ4v) is 3.76. The third kappa shape index (κ3) is 6.50. The van der Waals surface area contributed by atoms with E-state index in [4.69, 9.17) is 16.3 Å². The van der Waals surface area contributed by atoms with Gasteiger partial charge in [0, 0.05) is 17.1 Å². The van der Waals surface area contributed by atoms with E-state index in [9.17, 15) is 4.39 Å². The number of hydrogen-bond donors (Lipinski definition) is 0. The van der Waals surface area contributed by atoms with Gasteiger partial charge in [-0.2, -0.15) is 9.97 Å². The summed E-state index contributed by atoms with van der Waals surface area (Å²) >= 11 is 15.4. The van der Waals surface area contributed by atoms with Crippen molar-refractivity contribution in [1.82, 2.24) is 29.5 Å². The fourth-order valence-electron chi connectivity index (χ4n) is 1.99. The van der Waals surface area contributed by atoms with Gasteiger partial charge < -0.3 is 4.74 Å². The first-order valence-corrected chi connectivity index (χ1v) is 10.9. The zero-order valence-electron chi connectivity index (χ0n) is 15.4. The van der Waals surface area contributed by atoms with Crippen LogP contribution in [0.4, 0.5) is 4.39 Å². The molecule has 0 fully saturated rings. The van der Waals surface area contributed by atoms with Gasteiger partial charge in [-0.3, -0.25) is 0 Å². The van der Waals surface area contributed by atoms with Crippen molar-refractivity contribution in [2.24, 2.45) is 0 Å². The molecule has 1 aromatic carbocycles. The molecule has 0 unspecified atom stereocenters. The van der Waals surface area contributed by atoms with E-state index in [0.717, 1.165) is 4.73 Å². The minimum atomic E-state index is -0.466. The number of nitrogens with zero attached hydrogens (tertiary/aromatic N) is 6. The van der Waals surface area contributed by atoms with Crippen LogP contribution in [0, 0.1) is 5.82 Å². The molecule has 0 aliphatic rings. The Morgan fingerprint density at radius 3 is 1.96 bits per heavy atom. The Bertz CT molecular complexity index is 926. The van der Waals surface area contributed by atoms with E-state index in [2.05, 4.69) is 68.0 Å². The Labute approximate surface area is 192 Å². The quantitative estimate of drug-likeness (QED) is 0.337. The summed E-state index contributed by atoms with van der Waals surface area (Å²) < 4.78 is 23.8. The predicted octanol–water partition coefficient (Wildman–Crippen LogP) is 6.59. The molecule has 3 rings (SSSR count). The lowest BCUT2D eigenvalue weighted by molar-refractivity contribution is 0.375. The van der Waals surface area contributed by atoms with Crippen LogP contribution in [0.1, 0.15) is 39.8 Å². The van der Waals surface area contributed by atoms with Gasteiger partial charge in [0.15, 0.2) is 4.73 Å². The van der Waals surface area contributed by atoms with Crippen LogP contribution >= 0.6 is 59.4 Å². The molecule has 0 amide bonds. The Kier molecular flexibility index (Phi) is 8.41. The van der Waals surface area contributed by atoms with Crippen molar-refractivity contribution in [3.05, 3.63) is 43.2 Å². The summed E-state index contributed by atoms with van der Waals surface area (Å²) in [6.45, 7) is 7.97. The molecule has 2 aromatic heterocycles. The van der Waals surface area contributed by atoms with Gasteiger partial charge in [0.1, 0.15) is 11.6 Å². The largest absolute Gasteiger partial charge is 0.424 e. The SMILES string of the molecule is CC(C)n1nc(Br)nc1Br.CC(C)n1nc(Br)nc1Oc1cc(F)cc(Cl)c1. The van der Waals surface area contributed by atoms with Crippen LogP contribution in [0.25, 0.3) is 0 Å². The van der Waals surface area contributed by atoms with Gasteiger partial charge in [0.05, 0.1) is 6.04 Å². The van der Waals surface area contributed by atoms with Gasteiger partial charge in [-0.15, -0.1) is 10.2 Å². The summed E-state index contributed by atoms with van der Waals surface area (Å²) in [5.41, 5.74) is 0. The van der Waals surface area contributed by atoms with Crippen molar-refractivity contribution in [1.29, 1.82) is 0 Å². The highest BCUT2D eigenvalue weighted by atomic mass is 79.9. The topological polar surface area (TPSA) is 70.7 Å². The van der Waals surface area contributed by atoms with Gasteiger partial charge in [-0.25, -0.2) is 13.8 Å². The Hall–Kier alpha value is -1.04. The molecule has 12 heteroatoms. The van der Waals surface area contributed by atoms with Gasteiger partial charge in [-0.1, -0.05) is 11.6 Å². The number of aromatic nitrogens is 6. The van der Waals surface area contributed by atoms with Crippen LogP contribution in [0.5, 0.6) is 11.8 Å². The summed E-state index contributed by atoms with van der Waals surface area (Å²) in [4.78, 5) is 8.08. The predicted molar refractivity (Wildman–Crippen MR) is 115 cm³/mol. The minimum absolute atomic E-state index is 0.0721. The van der Waals surface area contributed by atoms with E-state index in [1.54, 1.807) is 9.36 Å². The van der Waals surface area contributed by atoms with E-state index in [1.807, 2.05) is 27.7 Å². The molecule has 0 bridgehead atoms. The van der Waals surface area contributed by atoms with Gasteiger partial charge in [0.2, 0.25) is 9.47 Å². The van der Waals surface area contributed by atoms with Gasteiger partial charge in [0.25, 0.3) is 0 Å². The second-order valence-corrected chi connectivity index (χ2v) is 8.66. The summed E-state index contributed by atoms with van der Waals surface area (Å²) in [7, 11) is 0. The maximum Gasteiger partial charge on any atom is 0.321 e. The molecule has 2 heterocycles. The van der Waals surface area contributed by atoms with E-state index in [0.29, 0.717) is 15.5 Å². The molecule has 7 nitrogen and oxygen atoms in total. The molecule has 0 radical (unpaired) electrons. The molecule has 0 saturated heterocycles. The van der Waals surface area contributed by atoms with Gasteiger partial charge >= 0.3 is 6.01 Å². The lowest BCUT2D eigenvalue weighted by Gasteiger charge is -2.09. The van der Waals surface area contributed by atoms with Crippen molar-refractivity contribution in [2.45, 2.75) is 39.8 Å². The Morgan fingerprint density at radius 2 is 1.50 bits per heavy atom. The highest BCUT2D eigenvalue weighted by Crippen LogP contribution is 2.27. The zero-order chi connectivity index (χ0) is 21.0. The van der Waals surface area contributed by atoms with Crippen LogP contribution < -0.4 is 4.74 Å². The van der Waals surface area contributed by atoms with E-state index in [-0.39, 0.29) is 22.8 Å². The zero-order valence-corrected chi connectivity index (χ0v) is 20.9. The average molecular weight is 604 g/mol. The molecule has 0 aliphatic heterocycles. The third-order valence-electron chi connectivity index (χ3n) is 3.16. The first-order valence-electron chi connectivity index (χ1n) is 8.10. The van der Waals surface area contributed by atoms with Crippen LogP contribution in [0.15, 0.2) is 32.4 Å². The van der Waals surface area contributed by atoms with Crippen LogP contribution in [0.3, 0.4) is 0 Å². The molecule has 3 aromatic rings. The first-order chi connectivity index (χ1) is 13.1. The first kappa shape index (κ1) is 23.2. The smallest absolute Gasteiger partial charge is 0.321 e. The lowest BCUT2D eigenvalue weighted by atomic mass is 10.3. The van der Waals surface area contributed by atoms with E-state index in [1.165, 1.54) is 18.2 Å². The molecule has 0 spiro atoms. The van der Waals surface area contributed by atoms with Crippen LogP contribution in [-0.4, -0.2) is 29.5 Å². The number of hydrogen-bond acceptors (Lipinski definition) is 5. The summed E-state index contributed by atoms with van der Waals surface area (Å²) in [6.07, 6.45) is 0. The van der Waals surface area contributed by atoms with Crippen molar-refractivity contribution >= 4 is 59.4 Å². The summed E-state index contributed by atoms with van der Waals surface area (Å²) in [6, 6.07) is 4.64. The van der Waals surface area contributed by atoms with Crippen molar-refractivity contribution < 1.29 is 9.13 Å². The molecule has 0 aliphatic carbocycles. The molecule has 152 valence electrons. The molecule has 28 heavy (non-hydrogen) atoms. The maximum absolute atomic E-state index is 13.2. The van der Waals surface area contributed by atoms with Crippen molar-refractivity contribution in [3.8, 4) is 11.8 Å². The third-order valence-corrected chi connectivity index (χ3v) is 4.59. The number of benzene rings is 1. The lowest BCUT2D eigenvalue weighted by Crippen LogP contribution is -2.05. The van der Waals surface area contributed by atoms with Crippen molar-refractivity contribution in [2.75, 3.05) is 0 Å². The Balaban J connectivity index is 0.000000237. The summed E-state index contributed by atoms with van der Waals surface area (Å²) in [5.74, 6) is -0.186. The van der Waals surface area contributed by atoms with Crippen molar-refractivity contribution in [3.63, 3.8) is 0 Å². The van der Waals surface area contributed by atoms with Gasteiger partial charge in [-0.05, 0) is 87.6 Å². The highest BCUT2D eigenvalue weighted by molar-refractivity contribution is 9.11. The van der Waals surface area contributed by atoms with E-state index < -0.39 is 5.82 Å².